The van der Waals surface area contributed by atoms with Crippen molar-refractivity contribution in [2.45, 2.75) is 19.9 Å². The van der Waals surface area contributed by atoms with E-state index in [1.54, 1.807) is 6.20 Å². The van der Waals surface area contributed by atoms with Gasteiger partial charge in [-0.3, -0.25) is 4.90 Å². The standard InChI is InChI=1S/C20H25N5O/c1-15-4-3-5-17(12-15)19(24-8-10-26-11-9-24)14-22-20-18-13-16(2)23-25(18)7-6-21-20/h3-7,12-13,19H,8-11,14H2,1-2H3,(H,21,22). The molecule has 4 rings (SSSR count). The van der Waals surface area contributed by atoms with Crippen molar-refractivity contribution in [3.05, 3.63) is 59.5 Å². The third-order valence-electron chi connectivity index (χ3n) is 4.89. The molecule has 0 radical (unpaired) electrons. The largest absolute Gasteiger partial charge is 0.379 e. The fourth-order valence-corrected chi connectivity index (χ4v) is 3.60. The lowest BCUT2D eigenvalue weighted by Crippen LogP contribution is -2.41. The summed E-state index contributed by atoms with van der Waals surface area (Å²) in [6.07, 6.45) is 3.67. The molecule has 6 heteroatoms. The van der Waals surface area contributed by atoms with E-state index in [1.165, 1.54) is 11.1 Å². The predicted molar refractivity (Wildman–Crippen MR) is 103 cm³/mol. The van der Waals surface area contributed by atoms with Gasteiger partial charge in [-0.25, -0.2) is 9.50 Å². The lowest BCUT2D eigenvalue weighted by molar-refractivity contribution is 0.0187. The molecule has 1 atom stereocenters. The molecule has 2 aromatic heterocycles. The molecule has 1 aromatic carbocycles. The van der Waals surface area contributed by atoms with Crippen LogP contribution in [-0.2, 0) is 4.74 Å². The van der Waals surface area contributed by atoms with Crippen LogP contribution in [0.2, 0.25) is 0 Å². The van der Waals surface area contributed by atoms with Crippen LogP contribution in [0.5, 0.6) is 0 Å². The van der Waals surface area contributed by atoms with Gasteiger partial charge in [0, 0.05) is 32.0 Å². The number of aryl methyl sites for hydroxylation is 2. The number of morpholine rings is 1. The Morgan fingerprint density at radius 3 is 2.85 bits per heavy atom. The number of fused-ring (bicyclic) bond motifs is 1. The molecule has 3 aromatic rings. The molecule has 0 spiro atoms. The van der Waals surface area contributed by atoms with E-state index in [4.69, 9.17) is 4.74 Å². The van der Waals surface area contributed by atoms with E-state index in [0.717, 1.165) is 49.9 Å². The van der Waals surface area contributed by atoms with Gasteiger partial charge >= 0.3 is 0 Å². The second-order valence-corrected chi connectivity index (χ2v) is 6.85. The Labute approximate surface area is 153 Å². The molecule has 1 aliphatic heterocycles. The van der Waals surface area contributed by atoms with Gasteiger partial charge in [0.15, 0.2) is 5.82 Å². The van der Waals surface area contributed by atoms with Crippen LogP contribution in [0.4, 0.5) is 5.82 Å². The number of hydrogen-bond acceptors (Lipinski definition) is 5. The van der Waals surface area contributed by atoms with Gasteiger partial charge in [-0.2, -0.15) is 5.10 Å². The molecule has 1 N–H and O–H groups in total. The Morgan fingerprint density at radius 2 is 2.04 bits per heavy atom. The SMILES string of the molecule is Cc1cccc(C(CNc2nccn3nc(C)cc23)N2CCOCC2)c1. The van der Waals surface area contributed by atoms with Crippen LogP contribution in [-0.4, -0.2) is 52.3 Å². The second-order valence-electron chi connectivity index (χ2n) is 6.85. The van der Waals surface area contributed by atoms with Gasteiger partial charge in [0.05, 0.1) is 24.9 Å². The number of hydrogen-bond donors (Lipinski definition) is 1. The average molecular weight is 351 g/mol. The van der Waals surface area contributed by atoms with Gasteiger partial charge in [0.25, 0.3) is 0 Å². The quantitative estimate of drug-likeness (QED) is 0.766. The summed E-state index contributed by atoms with van der Waals surface area (Å²) < 4.78 is 7.42. The zero-order chi connectivity index (χ0) is 17.9. The van der Waals surface area contributed by atoms with Gasteiger partial charge < -0.3 is 10.1 Å². The first-order valence-corrected chi connectivity index (χ1v) is 9.14. The molecule has 1 fully saturated rings. The molecule has 136 valence electrons. The number of ether oxygens (including phenoxy) is 1. The van der Waals surface area contributed by atoms with Crippen molar-refractivity contribution < 1.29 is 4.74 Å². The summed E-state index contributed by atoms with van der Waals surface area (Å²) in [5.74, 6) is 0.874. The zero-order valence-corrected chi connectivity index (χ0v) is 15.4. The summed E-state index contributed by atoms with van der Waals surface area (Å²) in [5.41, 5.74) is 4.61. The summed E-state index contributed by atoms with van der Waals surface area (Å²) >= 11 is 0. The summed E-state index contributed by atoms with van der Waals surface area (Å²) in [4.78, 5) is 7.03. The van der Waals surface area contributed by atoms with E-state index >= 15 is 0 Å². The fourth-order valence-electron chi connectivity index (χ4n) is 3.60. The van der Waals surface area contributed by atoms with Gasteiger partial charge in [-0.1, -0.05) is 29.8 Å². The highest BCUT2D eigenvalue weighted by Gasteiger charge is 2.23. The van der Waals surface area contributed by atoms with Gasteiger partial charge in [0.1, 0.15) is 5.52 Å². The van der Waals surface area contributed by atoms with E-state index in [9.17, 15) is 0 Å². The minimum absolute atomic E-state index is 0.282. The maximum absolute atomic E-state index is 5.55. The van der Waals surface area contributed by atoms with Crippen molar-refractivity contribution in [1.82, 2.24) is 19.5 Å². The minimum atomic E-state index is 0.282. The van der Waals surface area contributed by atoms with Crippen molar-refractivity contribution in [2.24, 2.45) is 0 Å². The Balaban J connectivity index is 1.59. The second kappa shape index (κ2) is 7.43. The molecular formula is C20H25N5O. The average Bonchev–Trinajstić information content (AvgIpc) is 3.04. The van der Waals surface area contributed by atoms with Crippen LogP contribution >= 0.6 is 0 Å². The normalized spacial score (nSPS) is 16.7. The maximum Gasteiger partial charge on any atom is 0.152 e. The zero-order valence-electron chi connectivity index (χ0n) is 15.4. The first-order valence-electron chi connectivity index (χ1n) is 9.14. The molecule has 6 nitrogen and oxygen atoms in total. The third-order valence-corrected chi connectivity index (χ3v) is 4.89. The highest BCUT2D eigenvalue weighted by molar-refractivity contribution is 5.67. The first-order chi connectivity index (χ1) is 12.7. The van der Waals surface area contributed by atoms with E-state index in [0.29, 0.717) is 0 Å². The summed E-state index contributed by atoms with van der Waals surface area (Å²) in [5, 5.41) is 8.03. The van der Waals surface area contributed by atoms with Crippen molar-refractivity contribution in [2.75, 3.05) is 38.2 Å². The van der Waals surface area contributed by atoms with E-state index < -0.39 is 0 Å². The first kappa shape index (κ1) is 17.0. The van der Waals surface area contributed by atoms with E-state index in [1.807, 2.05) is 17.6 Å². The maximum atomic E-state index is 5.55. The molecule has 0 aliphatic carbocycles. The number of rotatable bonds is 5. The van der Waals surface area contributed by atoms with Gasteiger partial charge in [-0.15, -0.1) is 0 Å². The molecular weight excluding hydrogens is 326 g/mol. The molecule has 0 amide bonds. The van der Waals surface area contributed by atoms with Crippen LogP contribution in [0.25, 0.3) is 5.52 Å². The van der Waals surface area contributed by atoms with Crippen molar-refractivity contribution in [1.29, 1.82) is 0 Å². The van der Waals surface area contributed by atoms with Crippen molar-refractivity contribution in [3.63, 3.8) is 0 Å². The molecule has 26 heavy (non-hydrogen) atoms. The Bertz CT molecular complexity index is 885. The highest BCUT2D eigenvalue weighted by atomic mass is 16.5. The number of anilines is 1. The van der Waals surface area contributed by atoms with Gasteiger partial charge in [-0.05, 0) is 25.5 Å². The summed E-state index contributed by atoms with van der Waals surface area (Å²) in [6, 6.07) is 11.1. The van der Waals surface area contributed by atoms with Crippen LogP contribution < -0.4 is 5.32 Å². The highest BCUT2D eigenvalue weighted by Crippen LogP contribution is 2.24. The number of aromatic nitrogens is 3. The topological polar surface area (TPSA) is 54.7 Å². The number of benzene rings is 1. The van der Waals surface area contributed by atoms with Crippen LogP contribution in [0.3, 0.4) is 0 Å². The van der Waals surface area contributed by atoms with Gasteiger partial charge in [0.2, 0.25) is 0 Å². The molecule has 3 heterocycles. The Morgan fingerprint density at radius 1 is 1.19 bits per heavy atom. The van der Waals surface area contributed by atoms with E-state index in [2.05, 4.69) is 57.6 Å². The van der Waals surface area contributed by atoms with Crippen LogP contribution in [0.1, 0.15) is 22.9 Å². The van der Waals surface area contributed by atoms with Crippen LogP contribution in [0, 0.1) is 13.8 Å². The summed E-state index contributed by atoms with van der Waals surface area (Å²) in [7, 11) is 0. The minimum Gasteiger partial charge on any atom is -0.379 e. The number of nitrogens with zero attached hydrogens (tertiary/aromatic N) is 4. The lowest BCUT2D eigenvalue weighted by atomic mass is 10.0. The number of nitrogens with one attached hydrogen (secondary N) is 1. The monoisotopic (exact) mass is 351 g/mol. The molecule has 0 saturated carbocycles. The van der Waals surface area contributed by atoms with E-state index in [-0.39, 0.29) is 6.04 Å². The van der Waals surface area contributed by atoms with Crippen molar-refractivity contribution in [3.8, 4) is 0 Å². The third kappa shape index (κ3) is 3.57. The summed E-state index contributed by atoms with van der Waals surface area (Å²) in [6.45, 7) is 8.41. The molecule has 1 unspecified atom stereocenters. The molecule has 1 aliphatic rings. The van der Waals surface area contributed by atoms with Crippen LogP contribution in [0.15, 0.2) is 42.7 Å². The Kier molecular flexibility index (Phi) is 4.86. The van der Waals surface area contributed by atoms with Crippen molar-refractivity contribution >= 4 is 11.3 Å². The Hall–Kier alpha value is -2.44. The molecule has 0 bridgehead atoms. The molecule has 1 saturated heterocycles. The smallest absolute Gasteiger partial charge is 0.152 e. The lowest BCUT2D eigenvalue weighted by Gasteiger charge is -2.35. The fraction of sp³-hybridized carbons (Fsp3) is 0.400. The predicted octanol–water partition coefficient (Wildman–Crippen LogP) is 2.83.